The zero-order chi connectivity index (χ0) is 21.1. The summed E-state index contributed by atoms with van der Waals surface area (Å²) in [5.74, 6) is 1.30. The van der Waals surface area contributed by atoms with E-state index < -0.39 is 5.97 Å². The number of hydrogen-bond acceptors (Lipinski definition) is 7. The monoisotopic (exact) mass is 444 g/mol. The Bertz CT molecular complexity index is 1180. The molecule has 2 heterocycles. The Morgan fingerprint density at radius 2 is 1.90 bits per heavy atom. The van der Waals surface area contributed by atoms with Crippen LogP contribution in [-0.2, 0) is 11.3 Å². The van der Waals surface area contributed by atoms with Crippen molar-refractivity contribution in [1.29, 1.82) is 0 Å². The molecular formula is C21H20N2O5S2. The molecule has 0 spiro atoms. The molecule has 0 saturated carbocycles. The predicted molar refractivity (Wildman–Crippen MR) is 117 cm³/mol. The number of amides is 1. The van der Waals surface area contributed by atoms with Crippen molar-refractivity contribution >= 4 is 45.2 Å². The van der Waals surface area contributed by atoms with E-state index in [9.17, 15) is 9.59 Å². The van der Waals surface area contributed by atoms with Gasteiger partial charge in [0.2, 0.25) is 0 Å². The number of rotatable bonds is 5. The molecule has 1 aromatic heterocycles. The molecule has 7 nitrogen and oxygen atoms in total. The number of nitrogens with zero attached hydrogens (tertiary/aromatic N) is 2. The summed E-state index contributed by atoms with van der Waals surface area (Å²) in [6.07, 6.45) is 2.03. The van der Waals surface area contributed by atoms with Gasteiger partial charge in [-0.3, -0.25) is 4.79 Å². The Morgan fingerprint density at radius 1 is 1.13 bits per heavy atom. The summed E-state index contributed by atoms with van der Waals surface area (Å²) < 4.78 is 18.8. The van der Waals surface area contributed by atoms with Crippen LogP contribution in [0.4, 0.5) is 0 Å². The van der Waals surface area contributed by atoms with E-state index in [1.54, 1.807) is 42.1 Å². The molecule has 156 valence electrons. The van der Waals surface area contributed by atoms with Crippen LogP contribution in [0.25, 0.3) is 10.2 Å². The first-order valence-corrected chi connectivity index (χ1v) is 11.5. The van der Waals surface area contributed by atoms with E-state index in [2.05, 4.69) is 4.99 Å². The van der Waals surface area contributed by atoms with E-state index in [-0.39, 0.29) is 5.91 Å². The summed E-state index contributed by atoms with van der Waals surface area (Å²) in [4.78, 5) is 29.7. The van der Waals surface area contributed by atoms with Gasteiger partial charge in [-0.15, -0.1) is 0 Å². The third-order valence-corrected chi connectivity index (χ3v) is 6.24. The number of methoxy groups -OCH3 is 1. The van der Waals surface area contributed by atoms with Crippen molar-refractivity contribution in [3.63, 3.8) is 0 Å². The minimum atomic E-state index is -0.396. The lowest BCUT2D eigenvalue weighted by molar-refractivity contribution is 0.0601. The summed E-state index contributed by atoms with van der Waals surface area (Å²) in [5.41, 5.74) is 1.83. The lowest BCUT2D eigenvalue weighted by atomic mass is 10.2. The second kappa shape index (κ2) is 8.93. The lowest BCUT2D eigenvalue weighted by Gasteiger charge is -2.18. The van der Waals surface area contributed by atoms with Gasteiger partial charge in [-0.25, -0.2) is 4.79 Å². The van der Waals surface area contributed by atoms with Gasteiger partial charge in [0.15, 0.2) is 16.3 Å². The Labute approximate surface area is 181 Å². The van der Waals surface area contributed by atoms with Gasteiger partial charge >= 0.3 is 5.97 Å². The van der Waals surface area contributed by atoms with Gasteiger partial charge in [0, 0.05) is 17.9 Å². The number of benzene rings is 2. The van der Waals surface area contributed by atoms with Crippen LogP contribution in [-0.4, -0.2) is 48.8 Å². The normalized spacial score (nSPS) is 13.5. The Kier molecular flexibility index (Phi) is 6.10. The highest BCUT2D eigenvalue weighted by Crippen LogP contribution is 2.31. The van der Waals surface area contributed by atoms with Crippen LogP contribution < -0.4 is 14.3 Å². The molecular weight excluding hydrogens is 424 g/mol. The van der Waals surface area contributed by atoms with Gasteiger partial charge in [-0.1, -0.05) is 11.3 Å². The van der Waals surface area contributed by atoms with Crippen molar-refractivity contribution in [2.45, 2.75) is 6.54 Å². The average molecular weight is 445 g/mol. The molecule has 0 N–H and O–H groups in total. The quantitative estimate of drug-likeness (QED) is 0.562. The number of esters is 1. The van der Waals surface area contributed by atoms with Crippen LogP contribution in [0, 0.1) is 0 Å². The zero-order valence-corrected chi connectivity index (χ0v) is 18.2. The molecule has 0 radical (unpaired) electrons. The van der Waals surface area contributed by atoms with Crippen molar-refractivity contribution in [2.75, 3.05) is 32.3 Å². The topological polar surface area (TPSA) is 79.1 Å². The van der Waals surface area contributed by atoms with Gasteiger partial charge in [0.1, 0.15) is 13.2 Å². The van der Waals surface area contributed by atoms with Gasteiger partial charge in [-0.05, 0) is 42.7 Å². The molecule has 30 heavy (non-hydrogen) atoms. The fourth-order valence-electron chi connectivity index (χ4n) is 3.13. The minimum absolute atomic E-state index is 0.357. The van der Waals surface area contributed by atoms with Crippen molar-refractivity contribution in [3.05, 3.63) is 52.3 Å². The summed E-state index contributed by atoms with van der Waals surface area (Å²) >= 11 is 3.08. The Hall–Kier alpha value is -2.78. The van der Waals surface area contributed by atoms with Crippen LogP contribution in [0.3, 0.4) is 0 Å². The summed E-state index contributed by atoms with van der Waals surface area (Å²) in [5, 5.41) is 0. The first-order chi connectivity index (χ1) is 14.6. The second-order valence-electron chi connectivity index (χ2n) is 6.48. The van der Waals surface area contributed by atoms with Crippen molar-refractivity contribution < 1.29 is 23.8 Å². The van der Waals surface area contributed by atoms with Crippen molar-refractivity contribution in [2.24, 2.45) is 4.99 Å². The van der Waals surface area contributed by atoms with Gasteiger partial charge in [-0.2, -0.15) is 16.8 Å². The van der Waals surface area contributed by atoms with Crippen LogP contribution in [0.15, 0.2) is 41.4 Å². The van der Waals surface area contributed by atoms with E-state index in [1.165, 1.54) is 18.4 Å². The Morgan fingerprint density at radius 3 is 2.67 bits per heavy atom. The van der Waals surface area contributed by atoms with Gasteiger partial charge in [0.05, 0.1) is 22.9 Å². The third kappa shape index (κ3) is 4.08. The maximum atomic E-state index is 12.9. The van der Waals surface area contributed by atoms with E-state index >= 15 is 0 Å². The van der Waals surface area contributed by atoms with Crippen molar-refractivity contribution in [1.82, 2.24) is 4.57 Å². The first kappa shape index (κ1) is 20.5. The summed E-state index contributed by atoms with van der Waals surface area (Å²) in [7, 11) is 1.35. The number of aryl methyl sites for hydroxylation is 1. The molecule has 9 heteroatoms. The molecule has 0 atom stereocenters. The minimum Gasteiger partial charge on any atom is -0.486 e. The molecule has 1 amide bonds. The number of carbonyl (C=O) groups is 2. The second-order valence-corrected chi connectivity index (χ2v) is 8.47. The number of thioether (sulfide) groups is 1. The number of hydrogen-bond donors (Lipinski definition) is 0. The molecule has 0 unspecified atom stereocenters. The van der Waals surface area contributed by atoms with E-state index in [0.717, 1.165) is 16.0 Å². The molecule has 0 saturated heterocycles. The molecule has 0 aliphatic carbocycles. The first-order valence-electron chi connectivity index (χ1n) is 9.30. The molecule has 0 bridgehead atoms. The molecule has 3 aromatic rings. The molecule has 0 fully saturated rings. The SMILES string of the molecule is COC(=O)c1ccc2c(c1)sc(=NC(=O)c1ccc3c(c1)OCCO3)n2CCSC. The van der Waals surface area contributed by atoms with Crippen molar-refractivity contribution in [3.8, 4) is 11.5 Å². The number of aromatic nitrogens is 1. The maximum Gasteiger partial charge on any atom is 0.337 e. The Balaban J connectivity index is 1.76. The highest BCUT2D eigenvalue weighted by Gasteiger charge is 2.16. The van der Waals surface area contributed by atoms with Gasteiger partial charge < -0.3 is 18.8 Å². The molecule has 1 aliphatic rings. The molecule has 1 aliphatic heterocycles. The van der Waals surface area contributed by atoms with Crippen LogP contribution in [0.1, 0.15) is 20.7 Å². The smallest absolute Gasteiger partial charge is 0.337 e. The van der Waals surface area contributed by atoms with E-state index in [0.29, 0.717) is 47.2 Å². The number of thiazole rings is 1. The number of ether oxygens (including phenoxy) is 3. The predicted octanol–water partition coefficient (Wildman–Crippen LogP) is 3.36. The highest BCUT2D eigenvalue weighted by atomic mass is 32.2. The molecule has 2 aromatic carbocycles. The van der Waals surface area contributed by atoms with E-state index in [1.807, 2.05) is 16.9 Å². The van der Waals surface area contributed by atoms with E-state index in [4.69, 9.17) is 14.2 Å². The standard InChI is InChI=1S/C21H20N2O5S2/c1-26-20(25)14-3-5-15-18(12-14)30-21(23(15)7-10-29-2)22-19(24)13-4-6-16-17(11-13)28-9-8-27-16/h3-6,11-12H,7-10H2,1-2H3. The average Bonchev–Trinajstić information content (AvgIpc) is 3.12. The van der Waals surface area contributed by atoms with Crippen LogP contribution in [0.2, 0.25) is 0 Å². The number of carbonyl (C=O) groups excluding carboxylic acids is 2. The summed E-state index contributed by atoms with van der Waals surface area (Å²) in [6, 6.07) is 10.4. The van der Waals surface area contributed by atoms with Crippen LogP contribution in [0.5, 0.6) is 11.5 Å². The highest BCUT2D eigenvalue weighted by molar-refractivity contribution is 7.98. The number of fused-ring (bicyclic) bond motifs is 2. The largest absolute Gasteiger partial charge is 0.486 e. The lowest BCUT2D eigenvalue weighted by Crippen LogP contribution is -2.18. The summed E-state index contributed by atoms with van der Waals surface area (Å²) in [6.45, 7) is 1.65. The van der Waals surface area contributed by atoms with Crippen LogP contribution >= 0.6 is 23.1 Å². The zero-order valence-electron chi connectivity index (χ0n) is 16.5. The van der Waals surface area contributed by atoms with Gasteiger partial charge in [0.25, 0.3) is 5.91 Å². The third-order valence-electron chi connectivity index (χ3n) is 4.61. The molecule has 4 rings (SSSR count). The maximum absolute atomic E-state index is 12.9. The fourth-order valence-corrected chi connectivity index (χ4v) is 4.59. The fraction of sp³-hybridized carbons (Fsp3) is 0.286.